The molecule has 21 heavy (non-hydrogen) atoms. The summed E-state index contributed by atoms with van der Waals surface area (Å²) in [5.74, 6) is 0.0445. The number of amides is 1. The van der Waals surface area contributed by atoms with E-state index in [0.29, 0.717) is 12.1 Å². The maximum atomic E-state index is 12.0. The van der Waals surface area contributed by atoms with E-state index in [0.717, 1.165) is 43.5 Å². The molecule has 4 heteroatoms. The predicted molar refractivity (Wildman–Crippen MR) is 84.4 cm³/mol. The molecule has 2 atom stereocenters. The van der Waals surface area contributed by atoms with Crippen LogP contribution in [0.25, 0.3) is 0 Å². The van der Waals surface area contributed by atoms with Crippen molar-refractivity contribution in [2.45, 2.75) is 44.9 Å². The third kappa shape index (κ3) is 4.29. The summed E-state index contributed by atoms with van der Waals surface area (Å²) in [5, 5.41) is 3.57. The zero-order valence-electron chi connectivity index (χ0n) is 13.3. The number of ether oxygens (including phenoxy) is 1. The van der Waals surface area contributed by atoms with Crippen LogP contribution in [0.3, 0.4) is 0 Å². The zero-order chi connectivity index (χ0) is 15.2. The van der Waals surface area contributed by atoms with Crippen molar-refractivity contribution in [2.75, 3.05) is 20.7 Å². The molecule has 1 N–H and O–H groups in total. The van der Waals surface area contributed by atoms with Crippen LogP contribution in [0, 0.1) is 0 Å². The first-order valence-corrected chi connectivity index (χ1v) is 7.77. The van der Waals surface area contributed by atoms with E-state index >= 15 is 0 Å². The Labute approximate surface area is 127 Å². The molecule has 0 aromatic heterocycles. The van der Waals surface area contributed by atoms with Gasteiger partial charge in [-0.3, -0.25) is 4.79 Å². The molecule has 4 nitrogen and oxygen atoms in total. The van der Waals surface area contributed by atoms with E-state index in [-0.39, 0.29) is 5.91 Å². The fourth-order valence-electron chi connectivity index (χ4n) is 2.78. The first-order valence-electron chi connectivity index (χ1n) is 7.77. The van der Waals surface area contributed by atoms with Gasteiger partial charge >= 0.3 is 0 Å². The molecule has 1 aliphatic rings. The molecule has 0 aliphatic carbocycles. The SMILES string of the molecule is CC[C@H](NCc1cccc(C(=O)N(C)C)c1)[C@H]1CCCO1. The van der Waals surface area contributed by atoms with Crippen LogP contribution in [0.5, 0.6) is 0 Å². The van der Waals surface area contributed by atoms with Crippen LogP contribution in [-0.2, 0) is 11.3 Å². The molecule has 2 rings (SSSR count). The number of hydrogen-bond acceptors (Lipinski definition) is 3. The van der Waals surface area contributed by atoms with Crippen LogP contribution in [0.1, 0.15) is 42.1 Å². The van der Waals surface area contributed by atoms with Crippen LogP contribution in [0.15, 0.2) is 24.3 Å². The van der Waals surface area contributed by atoms with Gasteiger partial charge in [0.25, 0.3) is 5.91 Å². The van der Waals surface area contributed by atoms with Crippen molar-refractivity contribution >= 4 is 5.91 Å². The van der Waals surface area contributed by atoms with Crippen molar-refractivity contribution in [2.24, 2.45) is 0 Å². The Hall–Kier alpha value is -1.39. The second-order valence-corrected chi connectivity index (χ2v) is 5.85. The molecule has 0 spiro atoms. The van der Waals surface area contributed by atoms with Gasteiger partial charge in [-0.25, -0.2) is 0 Å². The van der Waals surface area contributed by atoms with Crippen molar-refractivity contribution in [3.8, 4) is 0 Å². The first kappa shape index (κ1) is 16.0. The van der Waals surface area contributed by atoms with Gasteiger partial charge in [0.2, 0.25) is 0 Å². The van der Waals surface area contributed by atoms with E-state index in [1.54, 1.807) is 19.0 Å². The number of carbonyl (C=O) groups excluding carboxylic acids is 1. The number of carbonyl (C=O) groups is 1. The summed E-state index contributed by atoms with van der Waals surface area (Å²) in [5.41, 5.74) is 1.88. The Bertz CT molecular complexity index is 468. The molecule has 1 heterocycles. The van der Waals surface area contributed by atoms with Gasteiger partial charge in [0.15, 0.2) is 0 Å². The second-order valence-electron chi connectivity index (χ2n) is 5.85. The summed E-state index contributed by atoms with van der Waals surface area (Å²) >= 11 is 0. The molecule has 1 aliphatic heterocycles. The summed E-state index contributed by atoms with van der Waals surface area (Å²) in [7, 11) is 3.55. The van der Waals surface area contributed by atoms with Gasteiger partial charge in [0.05, 0.1) is 6.10 Å². The maximum Gasteiger partial charge on any atom is 0.253 e. The third-order valence-corrected chi connectivity index (χ3v) is 4.00. The Morgan fingerprint density at radius 2 is 2.29 bits per heavy atom. The van der Waals surface area contributed by atoms with Gasteiger partial charge in [-0.2, -0.15) is 0 Å². The van der Waals surface area contributed by atoms with E-state index in [9.17, 15) is 4.79 Å². The van der Waals surface area contributed by atoms with E-state index in [1.165, 1.54) is 0 Å². The molecule has 116 valence electrons. The Balaban J connectivity index is 1.96. The number of nitrogens with zero attached hydrogens (tertiary/aromatic N) is 1. The van der Waals surface area contributed by atoms with E-state index < -0.39 is 0 Å². The van der Waals surface area contributed by atoms with Crippen molar-refractivity contribution < 1.29 is 9.53 Å². The smallest absolute Gasteiger partial charge is 0.253 e. The summed E-state index contributed by atoms with van der Waals surface area (Å²) in [6, 6.07) is 8.23. The summed E-state index contributed by atoms with van der Waals surface area (Å²) in [6.07, 6.45) is 3.70. The summed E-state index contributed by atoms with van der Waals surface area (Å²) in [6.45, 7) is 3.84. The highest BCUT2D eigenvalue weighted by atomic mass is 16.5. The highest BCUT2D eigenvalue weighted by molar-refractivity contribution is 5.94. The van der Waals surface area contributed by atoms with Crippen LogP contribution >= 0.6 is 0 Å². The third-order valence-electron chi connectivity index (χ3n) is 4.00. The van der Waals surface area contributed by atoms with E-state index in [1.807, 2.05) is 18.2 Å². The topological polar surface area (TPSA) is 41.6 Å². The lowest BCUT2D eigenvalue weighted by molar-refractivity contribution is 0.0764. The highest BCUT2D eigenvalue weighted by Crippen LogP contribution is 2.18. The van der Waals surface area contributed by atoms with Crippen LogP contribution in [0.2, 0.25) is 0 Å². The van der Waals surface area contributed by atoms with Gasteiger partial charge in [0, 0.05) is 38.9 Å². The lowest BCUT2D eigenvalue weighted by Gasteiger charge is -2.23. The molecule has 1 aromatic rings. The standard InChI is InChI=1S/C17H26N2O2/c1-4-15(16-9-6-10-21-16)18-12-13-7-5-8-14(11-13)17(20)19(2)3/h5,7-8,11,15-16,18H,4,6,9-10,12H2,1-3H3/t15-,16+/m0/s1. The zero-order valence-corrected chi connectivity index (χ0v) is 13.3. The summed E-state index contributed by atoms with van der Waals surface area (Å²) in [4.78, 5) is 13.6. The van der Waals surface area contributed by atoms with Gasteiger partial charge in [-0.05, 0) is 37.0 Å². The second kappa shape index (κ2) is 7.57. The highest BCUT2D eigenvalue weighted by Gasteiger charge is 2.24. The number of rotatable bonds is 6. The van der Waals surface area contributed by atoms with E-state index in [4.69, 9.17) is 4.74 Å². The normalized spacial score (nSPS) is 19.5. The largest absolute Gasteiger partial charge is 0.377 e. The fourth-order valence-corrected chi connectivity index (χ4v) is 2.78. The molecule has 1 aromatic carbocycles. The predicted octanol–water partition coefficient (Wildman–Crippen LogP) is 2.44. The van der Waals surface area contributed by atoms with Crippen LogP contribution < -0.4 is 5.32 Å². The number of benzene rings is 1. The quantitative estimate of drug-likeness (QED) is 0.875. The minimum atomic E-state index is 0.0445. The minimum Gasteiger partial charge on any atom is -0.377 e. The molecular formula is C17H26N2O2. The maximum absolute atomic E-state index is 12.0. The van der Waals surface area contributed by atoms with Crippen molar-refractivity contribution in [3.05, 3.63) is 35.4 Å². The Morgan fingerprint density at radius 3 is 2.90 bits per heavy atom. The number of hydrogen-bond donors (Lipinski definition) is 1. The first-order chi connectivity index (χ1) is 10.1. The van der Waals surface area contributed by atoms with Gasteiger partial charge in [0.1, 0.15) is 0 Å². The molecule has 1 amide bonds. The minimum absolute atomic E-state index is 0.0445. The van der Waals surface area contributed by atoms with Crippen molar-refractivity contribution in [1.29, 1.82) is 0 Å². The Kier molecular flexibility index (Phi) is 5.76. The Morgan fingerprint density at radius 1 is 1.48 bits per heavy atom. The van der Waals surface area contributed by atoms with Crippen molar-refractivity contribution in [3.63, 3.8) is 0 Å². The van der Waals surface area contributed by atoms with Gasteiger partial charge < -0.3 is 15.0 Å². The van der Waals surface area contributed by atoms with Crippen molar-refractivity contribution in [1.82, 2.24) is 10.2 Å². The average molecular weight is 290 g/mol. The van der Waals surface area contributed by atoms with Crippen LogP contribution in [0.4, 0.5) is 0 Å². The van der Waals surface area contributed by atoms with Gasteiger partial charge in [-0.15, -0.1) is 0 Å². The molecule has 0 saturated carbocycles. The molecule has 0 bridgehead atoms. The van der Waals surface area contributed by atoms with Gasteiger partial charge in [-0.1, -0.05) is 19.1 Å². The number of nitrogens with one attached hydrogen (secondary N) is 1. The van der Waals surface area contributed by atoms with E-state index in [2.05, 4.69) is 18.3 Å². The summed E-state index contributed by atoms with van der Waals surface area (Å²) < 4.78 is 5.76. The average Bonchev–Trinajstić information content (AvgIpc) is 3.01. The molecule has 1 fully saturated rings. The van der Waals surface area contributed by atoms with Crippen LogP contribution in [-0.4, -0.2) is 43.7 Å². The molecule has 1 saturated heterocycles. The lowest BCUT2D eigenvalue weighted by Crippen LogP contribution is -2.38. The molecular weight excluding hydrogens is 264 g/mol. The monoisotopic (exact) mass is 290 g/mol. The lowest BCUT2D eigenvalue weighted by atomic mass is 10.0. The fraction of sp³-hybridized carbons (Fsp3) is 0.588. The molecule has 0 unspecified atom stereocenters. The molecule has 0 radical (unpaired) electrons.